The van der Waals surface area contributed by atoms with Crippen LogP contribution in [0.4, 0.5) is 0 Å². The summed E-state index contributed by atoms with van der Waals surface area (Å²) < 4.78 is 2.01. The minimum Gasteiger partial charge on any atom is -0.319 e. The Bertz CT molecular complexity index is 352. The molecule has 4 nitrogen and oxygen atoms in total. The molecule has 1 atom stereocenters. The minimum absolute atomic E-state index is 0.501. The van der Waals surface area contributed by atoms with E-state index >= 15 is 0 Å². The summed E-state index contributed by atoms with van der Waals surface area (Å²) in [5.41, 5.74) is 1.35. The van der Waals surface area contributed by atoms with Crippen molar-refractivity contribution in [2.75, 3.05) is 26.7 Å². The standard InChI is InChI=1S/C14H26N4/c1-4-18-11-14(10-16-18)12(2)17-7-5-13(6-8-17)9-15-3/h10-13,15H,4-9H2,1-3H3. The van der Waals surface area contributed by atoms with Crippen LogP contribution in [0.2, 0.25) is 0 Å². The number of nitrogens with one attached hydrogen (secondary N) is 1. The lowest BCUT2D eigenvalue weighted by Gasteiger charge is -2.35. The molecule has 1 aliphatic rings. The summed E-state index contributed by atoms with van der Waals surface area (Å²) in [6.45, 7) is 8.97. The van der Waals surface area contributed by atoms with Crippen molar-refractivity contribution in [3.63, 3.8) is 0 Å². The Morgan fingerprint density at radius 3 is 2.72 bits per heavy atom. The first-order valence-electron chi connectivity index (χ1n) is 7.15. The van der Waals surface area contributed by atoms with Crippen LogP contribution in [0.3, 0.4) is 0 Å². The summed E-state index contributed by atoms with van der Waals surface area (Å²) in [6, 6.07) is 0.501. The molecule has 0 spiro atoms. The van der Waals surface area contributed by atoms with Gasteiger partial charge in [0.15, 0.2) is 0 Å². The second-order valence-electron chi connectivity index (χ2n) is 5.34. The fraction of sp³-hybridized carbons (Fsp3) is 0.786. The van der Waals surface area contributed by atoms with E-state index in [9.17, 15) is 0 Å². The predicted octanol–water partition coefficient (Wildman–Crippen LogP) is 1.90. The highest BCUT2D eigenvalue weighted by molar-refractivity contribution is 5.09. The number of piperidine rings is 1. The van der Waals surface area contributed by atoms with Gasteiger partial charge in [-0.2, -0.15) is 5.10 Å². The van der Waals surface area contributed by atoms with Gasteiger partial charge in [0.05, 0.1) is 6.20 Å². The van der Waals surface area contributed by atoms with E-state index < -0.39 is 0 Å². The lowest BCUT2D eigenvalue weighted by atomic mass is 9.95. The fourth-order valence-corrected chi connectivity index (χ4v) is 2.81. The van der Waals surface area contributed by atoms with Crippen molar-refractivity contribution in [1.29, 1.82) is 0 Å². The van der Waals surface area contributed by atoms with Gasteiger partial charge >= 0.3 is 0 Å². The zero-order chi connectivity index (χ0) is 13.0. The van der Waals surface area contributed by atoms with Crippen molar-refractivity contribution in [3.05, 3.63) is 18.0 Å². The van der Waals surface area contributed by atoms with E-state index in [1.165, 1.54) is 31.5 Å². The van der Waals surface area contributed by atoms with E-state index in [-0.39, 0.29) is 0 Å². The molecule has 1 fully saturated rings. The molecule has 1 aliphatic heterocycles. The lowest BCUT2D eigenvalue weighted by Crippen LogP contribution is -2.38. The maximum atomic E-state index is 4.37. The molecule has 1 saturated heterocycles. The SMILES string of the molecule is CCn1cc(C(C)N2CCC(CNC)CC2)cn1. The molecule has 1 unspecified atom stereocenters. The van der Waals surface area contributed by atoms with E-state index in [4.69, 9.17) is 0 Å². The molecule has 2 rings (SSSR count). The van der Waals surface area contributed by atoms with Crippen LogP contribution in [0.5, 0.6) is 0 Å². The maximum absolute atomic E-state index is 4.37. The normalized spacial score (nSPS) is 20.2. The Labute approximate surface area is 110 Å². The number of aryl methyl sites for hydroxylation is 1. The monoisotopic (exact) mass is 250 g/mol. The van der Waals surface area contributed by atoms with Crippen molar-refractivity contribution >= 4 is 0 Å². The van der Waals surface area contributed by atoms with Crippen LogP contribution >= 0.6 is 0 Å². The third-order valence-electron chi connectivity index (χ3n) is 4.15. The Morgan fingerprint density at radius 2 is 2.17 bits per heavy atom. The Hall–Kier alpha value is -0.870. The van der Waals surface area contributed by atoms with Gasteiger partial charge in [-0.15, -0.1) is 0 Å². The number of likely N-dealkylation sites (tertiary alicyclic amines) is 1. The average molecular weight is 250 g/mol. The van der Waals surface area contributed by atoms with Crippen LogP contribution in [0.1, 0.15) is 38.3 Å². The topological polar surface area (TPSA) is 33.1 Å². The Kier molecular flexibility index (Phi) is 4.78. The molecule has 0 bridgehead atoms. The molecule has 0 aliphatic carbocycles. The van der Waals surface area contributed by atoms with E-state index in [1.54, 1.807) is 0 Å². The summed E-state index contributed by atoms with van der Waals surface area (Å²) >= 11 is 0. The minimum atomic E-state index is 0.501. The van der Waals surface area contributed by atoms with Gasteiger partial charge in [0.1, 0.15) is 0 Å². The van der Waals surface area contributed by atoms with Crippen LogP contribution < -0.4 is 5.32 Å². The first kappa shape index (κ1) is 13.6. The summed E-state index contributed by atoms with van der Waals surface area (Å²) in [7, 11) is 2.05. The highest BCUT2D eigenvalue weighted by Crippen LogP contribution is 2.25. The van der Waals surface area contributed by atoms with Crippen molar-refractivity contribution in [1.82, 2.24) is 20.0 Å². The van der Waals surface area contributed by atoms with Gasteiger partial charge in [0.25, 0.3) is 0 Å². The summed E-state index contributed by atoms with van der Waals surface area (Å²) in [6.07, 6.45) is 6.83. The lowest BCUT2D eigenvalue weighted by molar-refractivity contribution is 0.141. The molecule has 2 heterocycles. The van der Waals surface area contributed by atoms with E-state index in [1.807, 2.05) is 17.9 Å². The molecule has 0 saturated carbocycles. The quantitative estimate of drug-likeness (QED) is 0.866. The second kappa shape index (κ2) is 6.34. The fourth-order valence-electron chi connectivity index (χ4n) is 2.81. The number of hydrogen-bond acceptors (Lipinski definition) is 3. The molecule has 4 heteroatoms. The largest absolute Gasteiger partial charge is 0.319 e. The van der Waals surface area contributed by atoms with Crippen molar-refractivity contribution < 1.29 is 0 Å². The highest BCUT2D eigenvalue weighted by atomic mass is 15.3. The van der Waals surface area contributed by atoms with Crippen LogP contribution in [-0.4, -0.2) is 41.4 Å². The van der Waals surface area contributed by atoms with E-state index in [0.29, 0.717) is 6.04 Å². The molecule has 0 radical (unpaired) electrons. The molecular weight excluding hydrogens is 224 g/mol. The number of hydrogen-bond donors (Lipinski definition) is 1. The van der Waals surface area contributed by atoms with Crippen LogP contribution in [0.15, 0.2) is 12.4 Å². The van der Waals surface area contributed by atoms with Gasteiger partial charge in [0.2, 0.25) is 0 Å². The number of rotatable bonds is 5. The zero-order valence-electron chi connectivity index (χ0n) is 11.9. The summed E-state index contributed by atoms with van der Waals surface area (Å²) in [5.74, 6) is 0.858. The van der Waals surface area contributed by atoms with E-state index in [0.717, 1.165) is 19.0 Å². The van der Waals surface area contributed by atoms with Gasteiger partial charge in [-0.3, -0.25) is 9.58 Å². The molecule has 1 N–H and O–H groups in total. The van der Waals surface area contributed by atoms with Crippen molar-refractivity contribution in [2.45, 2.75) is 39.3 Å². The maximum Gasteiger partial charge on any atom is 0.0537 e. The van der Waals surface area contributed by atoms with Crippen molar-refractivity contribution in [3.8, 4) is 0 Å². The van der Waals surface area contributed by atoms with Crippen LogP contribution in [0.25, 0.3) is 0 Å². The summed E-state index contributed by atoms with van der Waals surface area (Å²) in [4.78, 5) is 2.59. The number of nitrogens with zero attached hydrogens (tertiary/aromatic N) is 3. The molecule has 1 aromatic heterocycles. The summed E-state index contributed by atoms with van der Waals surface area (Å²) in [5, 5.41) is 7.67. The average Bonchev–Trinajstić information content (AvgIpc) is 2.88. The predicted molar refractivity (Wildman–Crippen MR) is 74.5 cm³/mol. The van der Waals surface area contributed by atoms with Crippen molar-refractivity contribution in [2.24, 2.45) is 5.92 Å². The molecular formula is C14H26N4. The third kappa shape index (κ3) is 3.12. The van der Waals surface area contributed by atoms with Gasteiger partial charge in [-0.25, -0.2) is 0 Å². The van der Waals surface area contributed by atoms with E-state index in [2.05, 4.69) is 35.4 Å². The van der Waals surface area contributed by atoms with Gasteiger partial charge in [-0.1, -0.05) is 0 Å². The van der Waals surface area contributed by atoms with Gasteiger partial charge in [-0.05, 0) is 59.3 Å². The Morgan fingerprint density at radius 1 is 1.44 bits per heavy atom. The molecule has 0 aromatic carbocycles. The molecule has 18 heavy (non-hydrogen) atoms. The van der Waals surface area contributed by atoms with Gasteiger partial charge < -0.3 is 5.32 Å². The molecule has 0 amide bonds. The zero-order valence-corrected chi connectivity index (χ0v) is 11.9. The molecule has 1 aromatic rings. The third-order valence-corrected chi connectivity index (χ3v) is 4.15. The second-order valence-corrected chi connectivity index (χ2v) is 5.34. The van der Waals surface area contributed by atoms with Crippen LogP contribution in [0, 0.1) is 5.92 Å². The number of aromatic nitrogens is 2. The highest BCUT2D eigenvalue weighted by Gasteiger charge is 2.23. The smallest absolute Gasteiger partial charge is 0.0537 e. The molecule has 102 valence electrons. The Balaban J connectivity index is 1.88. The first-order valence-corrected chi connectivity index (χ1v) is 7.15. The first-order chi connectivity index (χ1) is 8.74. The van der Waals surface area contributed by atoms with Crippen LogP contribution in [-0.2, 0) is 6.54 Å². The van der Waals surface area contributed by atoms with Gasteiger partial charge in [0, 0.05) is 24.3 Å².